The quantitative estimate of drug-likeness (QED) is 0.791. The molecule has 1 unspecified atom stereocenters. The number of nitrogens with one attached hydrogen (secondary N) is 1. The zero-order chi connectivity index (χ0) is 14.8. The Hall–Kier alpha value is -2.14. The third-order valence-corrected chi connectivity index (χ3v) is 3.37. The van der Waals surface area contributed by atoms with Crippen LogP contribution in [0.4, 0.5) is 5.69 Å². The van der Waals surface area contributed by atoms with Gasteiger partial charge in [-0.15, -0.1) is 0 Å². The molecule has 1 aromatic carbocycles. The lowest BCUT2D eigenvalue weighted by atomic mass is 10.0. The molecule has 2 aromatic rings. The van der Waals surface area contributed by atoms with Gasteiger partial charge in [-0.2, -0.15) is 0 Å². The fraction of sp³-hybridized carbons (Fsp3) is 0.333. The third-order valence-electron chi connectivity index (χ3n) is 3.37. The molecule has 4 N–H and O–H groups in total. The predicted octanol–water partition coefficient (Wildman–Crippen LogP) is 1.71. The van der Waals surface area contributed by atoms with E-state index in [0.717, 1.165) is 5.39 Å². The van der Waals surface area contributed by atoms with Crippen molar-refractivity contribution in [1.82, 2.24) is 10.3 Å². The monoisotopic (exact) mass is 273 g/mol. The van der Waals surface area contributed by atoms with E-state index in [2.05, 4.69) is 10.3 Å². The van der Waals surface area contributed by atoms with Gasteiger partial charge in [-0.1, -0.05) is 25.1 Å². The van der Waals surface area contributed by atoms with Crippen molar-refractivity contribution in [2.75, 3.05) is 12.3 Å². The molecule has 20 heavy (non-hydrogen) atoms. The van der Waals surface area contributed by atoms with Crippen molar-refractivity contribution >= 4 is 22.5 Å². The number of pyridine rings is 1. The summed E-state index contributed by atoms with van der Waals surface area (Å²) in [4.78, 5) is 16.4. The maximum absolute atomic E-state index is 12.1. The van der Waals surface area contributed by atoms with E-state index in [1.165, 1.54) is 0 Å². The lowest BCUT2D eigenvalue weighted by Gasteiger charge is -2.21. The van der Waals surface area contributed by atoms with Crippen LogP contribution in [0.5, 0.6) is 0 Å². The number of hydrogen-bond acceptors (Lipinski definition) is 4. The van der Waals surface area contributed by atoms with E-state index < -0.39 is 5.60 Å². The molecule has 0 aliphatic heterocycles. The van der Waals surface area contributed by atoms with E-state index in [0.29, 0.717) is 17.6 Å². The second kappa shape index (κ2) is 5.46. The summed E-state index contributed by atoms with van der Waals surface area (Å²) in [6.45, 7) is 3.71. The van der Waals surface area contributed by atoms with Gasteiger partial charge in [0.1, 0.15) is 5.69 Å². The van der Waals surface area contributed by atoms with Gasteiger partial charge in [0.15, 0.2) is 0 Å². The Morgan fingerprint density at radius 3 is 2.85 bits per heavy atom. The van der Waals surface area contributed by atoms with E-state index in [1.54, 1.807) is 13.0 Å². The van der Waals surface area contributed by atoms with Crippen LogP contribution in [0.3, 0.4) is 0 Å². The number of benzene rings is 1. The summed E-state index contributed by atoms with van der Waals surface area (Å²) >= 11 is 0. The van der Waals surface area contributed by atoms with Gasteiger partial charge in [-0.05, 0) is 25.5 Å². The molecule has 2 rings (SSSR count). The fourth-order valence-corrected chi connectivity index (χ4v) is 1.80. The molecule has 0 saturated carbocycles. The van der Waals surface area contributed by atoms with E-state index in [1.807, 2.05) is 31.2 Å². The molecule has 0 spiro atoms. The number of para-hydroxylation sites is 1. The second-order valence-electron chi connectivity index (χ2n) is 5.15. The van der Waals surface area contributed by atoms with Crippen LogP contribution in [-0.2, 0) is 0 Å². The standard InChI is InChI=1S/C15H19N3O2/c1-3-15(2,20)9-17-14(19)13-8-11(16)10-6-4-5-7-12(10)18-13/h4-8,20H,3,9H2,1-2H3,(H2,16,18)(H,17,19). The van der Waals surface area contributed by atoms with Crippen LogP contribution in [0.25, 0.3) is 10.9 Å². The molecule has 0 fully saturated rings. The molecule has 1 aromatic heterocycles. The molecule has 1 atom stereocenters. The summed E-state index contributed by atoms with van der Waals surface area (Å²) in [6, 6.07) is 8.95. The Kier molecular flexibility index (Phi) is 3.90. The van der Waals surface area contributed by atoms with Gasteiger partial charge in [0.2, 0.25) is 0 Å². The SMILES string of the molecule is CCC(C)(O)CNC(=O)c1cc(N)c2ccccc2n1. The van der Waals surface area contributed by atoms with Gasteiger partial charge in [-0.25, -0.2) is 4.98 Å². The highest BCUT2D eigenvalue weighted by atomic mass is 16.3. The van der Waals surface area contributed by atoms with Gasteiger partial charge in [0.25, 0.3) is 5.91 Å². The summed E-state index contributed by atoms with van der Waals surface area (Å²) in [6.07, 6.45) is 0.556. The number of rotatable bonds is 4. The summed E-state index contributed by atoms with van der Waals surface area (Å²) in [5.41, 5.74) is 6.47. The van der Waals surface area contributed by atoms with Crippen LogP contribution in [0.15, 0.2) is 30.3 Å². The predicted molar refractivity (Wildman–Crippen MR) is 79.4 cm³/mol. The highest BCUT2D eigenvalue weighted by molar-refractivity contribution is 5.99. The number of fused-ring (bicyclic) bond motifs is 1. The van der Waals surface area contributed by atoms with Crippen molar-refractivity contribution in [2.45, 2.75) is 25.9 Å². The zero-order valence-electron chi connectivity index (χ0n) is 11.7. The molecule has 0 aliphatic rings. The molecule has 5 nitrogen and oxygen atoms in total. The Morgan fingerprint density at radius 2 is 2.15 bits per heavy atom. The number of carbonyl (C=O) groups excluding carboxylic acids is 1. The van der Waals surface area contributed by atoms with Gasteiger partial charge in [0.05, 0.1) is 11.1 Å². The van der Waals surface area contributed by atoms with E-state index >= 15 is 0 Å². The molecule has 0 saturated heterocycles. The van der Waals surface area contributed by atoms with Crippen LogP contribution in [0.2, 0.25) is 0 Å². The van der Waals surface area contributed by atoms with Crippen LogP contribution in [-0.4, -0.2) is 28.1 Å². The molecule has 0 radical (unpaired) electrons. The fourth-order valence-electron chi connectivity index (χ4n) is 1.80. The second-order valence-corrected chi connectivity index (χ2v) is 5.15. The molecular weight excluding hydrogens is 254 g/mol. The highest BCUT2D eigenvalue weighted by Crippen LogP contribution is 2.20. The largest absolute Gasteiger partial charge is 0.398 e. The van der Waals surface area contributed by atoms with Crippen LogP contribution in [0, 0.1) is 0 Å². The minimum Gasteiger partial charge on any atom is -0.398 e. The van der Waals surface area contributed by atoms with Crippen molar-refractivity contribution in [2.24, 2.45) is 0 Å². The maximum Gasteiger partial charge on any atom is 0.270 e. The first kappa shape index (κ1) is 14.3. The van der Waals surface area contributed by atoms with Gasteiger partial charge in [-0.3, -0.25) is 4.79 Å². The van der Waals surface area contributed by atoms with E-state index in [9.17, 15) is 9.90 Å². The van der Waals surface area contributed by atoms with Crippen LogP contribution in [0.1, 0.15) is 30.8 Å². The van der Waals surface area contributed by atoms with Gasteiger partial charge >= 0.3 is 0 Å². The average molecular weight is 273 g/mol. The zero-order valence-corrected chi connectivity index (χ0v) is 11.7. The van der Waals surface area contributed by atoms with Crippen LogP contribution < -0.4 is 11.1 Å². The first-order valence-corrected chi connectivity index (χ1v) is 6.59. The van der Waals surface area contributed by atoms with E-state index in [-0.39, 0.29) is 18.1 Å². The van der Waals surface area contributed by atoms with Gasteiger partial charge < -0.3 is 16.2 Å². The average Bonchev–Trinajstić information content (AvgIpc) is 2.45. The third kappa shape index (κ3) is 3.05. The Bertz CT molecular complexity index is 638. The minimum absolute atomic E-state index is 0.177. The molecule has 106 valence electrons. The summed E-state index contributed by atoms with van der Waals surface area (Å²) in [5, 5.41) is 13.4. The number of nitrogen functional groups attached to an aromatic ring is 1. The first-order valence-electron chi connectivity index (χ1n) is 6.59. The smallest absolute Gasteiger partial charge is 0.270 e. The number of aromatic nitrogens is 1. The van der Waals surface area contributed by atoms with Crippen molar-refractivity contribution in [3.05, 3.63) is 36.0 Å². The van der Waals surface area contributed by atoms with Crippen molar-refractivity contribution < 1.29 is 9.90 Å². The number of anilines is 1. The van der Waals surface area contributed by atoms with Crippen molar-refractivity contribution in [3.63, 3.8) is 0 Å². The Morgan fingerprint density at radius 1 is 1.45 bits per heavy atom. The number of aliphatic hydroxyl groups is 1. The summed E-state index contributed by atoms with van der Waals surface area (Å²) in [5.74, 6) is -0.337. The molecule has 1 heterocycles. The minimum atomic E-state index is -0.919. The Labute approximate surface area is 117 Å². The lowest BCUT2D eigenvalue weighted by Crippen LogP contribution is -2.40. The number of carbonyl (C=O) groups is 1. The number of amides is 1. The lowest BCUT2D eigenvalue weighted by molar-refractivity contribution is 0.0517. The maximum atomic E-state index is 12.1. The highest BCUT2D eigenvalue weighted by Gasteiger charge is 2.19. The molecule has 5 heteroatoms. The first-order chi connectivity index (χ1) is 9.43. The molecule has 0 bridgehead atoms. The summed E-state index contributed by atoms with van der Waals surface area (Å²) < 4.78 is 0. The van der Waals surface area contributed by atoms with E-state index in [4.69, 9.17) is 5.73 Å². The topological polar surface area (TPSA) is 88.2 Å². The molecule has 1 amide bonds. The summed E-state index contributed by atoms with van der Waals surface area (Å²) in [7, 11) is 0. The van der Waals surface area contributed by atoms with Crippen molar-refractivity contribution in [3.8, 4) is 0 Å². The van der Waals surface area contributed by atoms with Gasteiger partial charge in [0, 0.05) is 17.6 Å². The molecular formula is C15H19N3O2. The number of hydrogen-bond donors (Lipinski definition) is 3. The number of nitrogens with zero attached hydrogens (tertiary/aromatic N) is 1. The van der Waals surface area contributed by atoms with Crippen LogP contribution >= 0.6 is 0 Å². The molecule has 0 aliphatic carbocycles. The van der Waals surface area contributed by atoms with Crippen molar-refractivity contribution in [1.29, 1.82) is 0 Å². The number of nitrogens with two attached hydrogens (primary N) is 1. The Balaban J connectivity index is 2.23. The normalized spacial score (nSPS) is 13.9.